The van der Waals surface area contributed by atoms with Crippen molar-refractivity contribution in [1.82, 2.24) is 4.98 Å². The van der Waals surface area contributed by atoms with Crippen molar-refractivity contribution >= 4 is 18.0 Å². The maximum atomic E-state index is 11.3. The van der Waals surface area contributed by atoms with Crippen molar-refractivity contribution in [3.05, 3.63) is 23.9 Å². The van der Waals surface area contributed by atoms with Crippen molar-refractivity contribution in [2.75, 3.05) is 6.61 Å². The Labute approximate surface area is 99.8 Å². The second-order valence-corrected chi connectivity index (χ2v) is 3.33. The topological polar surface area (TPSA) is 75.3 Å². The number of nitrogens with zero attached hydrogens (tertiary/aromatic N) is 3. The smallest absolute Gasteiger partial charge is 0.328 e. The number of aryl methyl sites for hydroxylation is 1. The summed E-state index contributed by atoms with van der Waals surface area (Å²) in [4.78, 5) is 19.3. The third kappa shape index (κ3) is 4.03. The predicted octanol–water partition coefficient (Wildman–Crippen LogP) is 1.80. The van der Waals surface area contributed by atoms with Crippen molar-refractivity contribution < 1.29 is 9.53 Å². The van der Waals surface area contributed by atoms with E-state index < -0.39 is 11.9 Å². The van der Waals surface area contributed by atoms with Crippen molar-refractivity contribution in [1.29, 1.82) is 5.26 Å². The number of carbonyl (C=O) groups is 1. The fourth-order valence-corrected chi connectivity index (χ4v) is 1.07. The van der Waals surface area contributed by atoms with Crippen molar-refractivity contribution in [2.24, 2.45) is 10.9 Å². The average molecular weight is 231 g/mol. The lowest BCUT2D eigenvalue weighted by atomic mass is 10.2. The molecule has 5 heteroatoms. The van der Waals surface area contributed by atoms with Gasteiger partial charge in [0.05, 0.1) is 12.7 Å². The van der Waals surface area contributed by atoms with Crippen LogP contribution in [0.2, 0.25) is 0 Å². The molecule has 0 bridgehead atoms. The number of esters is 1. The summed E-state index contributed by atoms with van der Waals surface area (Å²) in [6.07, 6.45) is 2.91. The summed E-state index contributed by atoms with van der Waals surface area (Å²) in [5, 5.41) is 8.78. The van der Waals surface area contributed by atoms with Gasteiger partial charge >= 0.3 is 5.97 Å². The van der Waals surface area contributed by atoms with Gasteiger partial charge in [0.25, 0.3) is 0 Å². The van der Waals surface area contributed by atoms with Gasteiger partial charge in [-0.25, -0.2) is 9.98 Å². The summed E-state index contributed by atoms with van der Waals surface area (Å²) in [5.41, 5.74) is 1.02. The van der Waals surface area contributed by atoms with Crippen LogP contribution in [-0.2, 0) is 9.53 Å². The van der Waals surface area contributed by atoms with Crippen LogP contribution in [0, 0.1) is 24.2 Å². The number of nitriles is 1. The molecular weight excluding hydrogens is 218 g/mol. The molecule has 1 atom stereocenters. The van der Waals surface area contributed by atoms with E-state index in [4.69, 9.17) is 10.00 Å². The molecular formula is C12H13N3O2. The number of hydrogen-bond donors (Lipinski definition) is 0. The second-order valence-electron chi connectivity index (χ2n) is 3.33. The highest BCUT2D eigenvalue weighted by Gasteiger charge is 2.16. The lowest BCUT2D eigenvalue weighted by molar-refractivity contribution is -0.143. The quantitative estimate of drug-likeness (QED) is 0.584. The van der Waals surface area contributed by atoms with Crippen molar-refractivity contribution in [2.45, 2.75) is 13.8 Å². The first-order valence-electron chi connectivity index (χ1n) is 5.20. The van der Waals surface area contributed by atoms with Crippen LogP contribution in [0.4, 0.5) is 5.82 Å². The molecule has 0 aromatic carbocycles. The molecule has 0 radical (unpaired) electrons. The van der Waals surface area contributed by atoms with Gasteiger partial charge in [-0.1, -0.05) is 6.07 Å². The van der Waals surface area contributed by atoms with Crippen LogP contribution < -0.4 is 0 Å². The Balaban J connectivity index is 2.71. The van der Waals surface area contributed by atoms with E-state index in [1.807, 2.05) is 19.1 Å². The maximum absolute atomic E-state index is 11.3. The Hall–Kier alpha value is -2.22. The van der Waals surface area contributed by atoms with Crippen LogP contribution in [0.5, 0.6) is 0 Å². The molecule has 0 aliphatic rings. The number of rotatable bonds is 4. The Morgan fingerprint density at radius 3 is 3.00 bits per heavy atom. The van der Waals surface area contributed by atoms with E-state index in [0.29, 0.717) is 5.82 Å². The molecule has 1 unspecified atom stereocenters. The average Bonchev–Trinajstić information content (AvgIpc) is 2.32. The van der Waals surface area contributed by atoms with Gasteiger partial charge in [-0.15, -0.1) is 0 Å². The third-order valence-corrected chi connectivity index (χ3v) is 1.93. The minimum Gasteiger partial charge on any atom is -0.465 e. The molecule has 1 aromatic rings. The van der Waals surface area contributed by atoms with E-state index in [0.717, 1.165) is 5.56 Å². The van der Waals surface area contributed by atoms with Gasteiger partial charge in [-0.3, -0.25) is 4.79 Å². The van der Waals surface area contributed by atoms with Crippen LogP contribution in [0.15, 0.2) is 23.3 Å². The molecule has 1 aromatic heterocycles. The van der Waals surface area contributed by atoms with Crippen LogP contribution in [-0.4, -0.2) is 23.8 Å². The maximum Gasteiger partial charge on any atom is 0.328 e. The summed E-state index contributed by atoms with van der Waals surface area (Å²) in [5.74, 6) is -1.12. The Bertz CT molecular complexity index is 446. The Morgan fingerprint density at radius 1 is 1.71 bits per heavy atom. The fourth-order valence-electron chi connectivity index (χ4n) is 1.07. The van der Waals surface area contributed by atoms with E-state index >= 15 is 0 Å². The van der Waals surface area contributed by atoms with Gasteiger partial charge < -0.3 is 4.74 Å². The van der Waals surface area contributed by atoms with Crippen molar-refractivity contribution in [3.8, 4) is 6.07 Å². The zero-order chi connectivity index (χ0) is 12.7. The molecule has 17 heavy (non-hydrogen) atoms. The van der Waals surface area contributed by atoms with Gasteiger partial charge in [-0.2, -0.15) is 5.26 Å². The molecule has 0 saturated heterocycles. The first-order valence-corrected chi connectivity index (χ1v) is 5.20. The molecule has 0 spiro atoms. The fraction of sp³-hybridized carbons (Fsp3) is 0.333. The summed E-state index contributed by atoms with van der Waals surface area (Å²) >= 11 is 0. The number of pyridine rings is 1. The molecule has 0 fully saturated rings. The number of ether oxygens (including phenoxy) is 1. The SMILES string of the molecule is CCOC(=O)C(C#N)C=Nc1ccc(C)cn1. The van der Waals surface area contributed by atoms with E-state index in [1.165, 1.54) is 6.21 Å². The first kappa shape index (κ1) is 12.8. The molecule has 0 amide bonds. The summed E-state index contributed by atoms with van der Waals surface area (Å²) in [6, 6.07) is 5.38. The predicted molar refractivity (Wildman–Crippen MR) is 62.9 cm³/mol. The molecule has 0 N–H and O–H groups in total. The normalized spacial score (nSPS) is 12.1. The third-order valence-electron chi connectivity index (χ3n) is 1.93. The van der Waals surface area contributed by atoms with Crippen LogP contribution in [0.3, 0.4) is 0 Å². The molecule has 1 rings (SSSR count). The minimum atomic E-state index is -0.988. The van der Waals surface area contributed by atoms with Crippen molar-refractivity contribution in [3.63, 3.8) is 0 Å². The van der Waals surface area contributed by atoms with Gasteiger partial charge in [-0.05, 0) is 25.5 Å². The molecule has 1 heterocycles. The van der Waals surface area contributed by atoms with Gasteiger partial charge in [0, 0.05) is 12.4 Å². The summed E-state index contributed by atoms with van der Waals surface area (Å²) in [7, 11) is 0. The van der Waals surface area contributed by atoms with Gasteiger partial charge in [0.1, 0.15) is 0 Å². The number of carbonyl (C=O) groups excluding carboxylic acids is 1. The summed E-state index contributed by atoms with van der Waals surface area (Å²) < 4.78 is 4.73. The van der Waals surface area contributed by atoms with Gasteiger partial charge in [0.2, 0.25) is 0 Å². The second kappa shape index (κ2) is 6.38. The van der Waals surface area contributed by atoms with Crippen LogP contribution in [0.1, 0.15) is 12.5 Å². The first-order chi connectivity index (χ1) is 8.17. The Morgan fingerprint density at radius 2 is 2.47 bits per heavy atom. The van der Waals surface area contributed by atoms with E-state index in [-0.39, 0.29) is 6.61 Å². The van der Waals surface area contributed by atoms with E-state index in [2.05, 4.69) is 9.98 Å². The van der Waals surface area contributed by atoms with E-state index in [1.54, 1.807) is 19.2 Å². The number of aromatic nitrogens is 1. The lowest BCUT2D eigenvalue weighted by Crippen LogP contribution is -2.17. The highest BCUT2D eigenvalue weighted by molar-refractivity contribution is 5.93. The molecule has 88 valence electrons. The molecule has 0 aliphatic carbocycles. The monoisotopic (exact) mass is 231 g/mol. The molecule has 0 saturated carbocycles. The van der Waals surface area contributed by atoms with Crippen LogP contribution in [0.25, 0.3) is 0 Å². The molecule has 5 nitrogen and oxygen atoms in total. The minimum absolute atomic E-state index is 0.244. The standard InChI is InChI=1S/C12H13N3O2/c1-3-17-12(16)10(6-13)8-15-11-5-4-9(2)7-14-11/h4-5,7-8,10H,3H2,1-2H3. The number of aliphatic imine (C=N–C) groups is 1. The summed E-state index contributed by atoms with van der Waals surface area (Å²) in [6.45, 7) is 3.84. The van der Waals surface area contributed by atoms with E-state index in [9.17, 15) is 4.79 Å². The zero-order valence-electron chi connectivity index (χ0n) is 9.75. The highest BCUT2D eigenvalue weighted by Crippen LogP contribution is 2.08. The molecule has 0 aliphatic heterocycles. The zero-order valence-corrected chi connectivity index (χ0v) is 9.75. The van der Waals surface area contributed by atoms with Gasteiger partial charge in [0.15, 0.2) is 11.7 Å². The van der Waals surface area contributed by atoms with Crippen LogP contribution >= 0.6 is 0 Å². The lowest BCUT2D eigenvalue weighted by Gasteiger charge is -2.02. The number of hydrogen-bond acceptors (Lipinski definition) is 5. The highest BCUT2D eigenvalue weighted by atomic mass is 16.5. The Kier molecular flexibility index (Phi) is 4.82. The largest absolute Gasteiger partial charge is 0.465 e.